The lowest BCUT2D eigenvalue weighted by molar-refractivity contribution is -0.118. The number of rotatable bonds is 12. The first-order valence-corrected chi connectivity index (χ1v) is 14.8. The Morgan fingerprint density at radius 1 is 1.14 bits per heavy atom. The standard InChI is InChI=1S/C33H36N2O9/c1-3-4-5-8-12-35(32(40)23-16-20-9-6-7-10-25(20)43-33(23)41)24-17-22(31(39)34-11-13-36)27-21-14-19(18-37)15-26(42-2)29(21)44-30(27)28(24)38/h6-7,9-10,14-18,24,27-28,30,36,38H,3-5,8,11-13H2,1-2H3,(H,34,39). The molecule has 4 atom stereocenters. The van der Waals surface area contributed by atoms with Crippen molar-refractivity contribution >= 4 is 29.1 Å². The van der Waals surface area contributed by atoms with E-state index in [4.69, 9.17) is 13.9 Å². The highest BCUT2D eigenvalue weighted by Crippen LogP contribution is 2.51. The fraction of sp³-hybridized carbons (Fsp3) is 0.394. The summed E-state index contributed by atoms with van der Waals surface area (Å²) in [4.78, 5) is 53.8. The molecule has 11 nitrogen and oxygen atoms in total. The van der Waals surface area contributed by atoms with Gasteiger partial charge in [0.05, 0.1) is 25.7 Å². The molecule has 0 spiro atoms. The van der Waals surface area contributed by atoms with Crippen molar-refractivity contribution in [2.24, 2.45) is 0 Å². The number of para-hydroxylation sites is 1. The maximum atomic E-state index is 14.2. The number of methoxy groups -OCH3 is 1. The molecule has 3 aromatic rings. The smallest absolute Gasteiger partial charge is 0.349 e. The Labute approximate surface area is 254 Å². The molecular formula is C33H36N2O9. The summed E-state index contributed by atoms with van der Waals surface area (Å²) in [5, 5.41) is 24.4. The third kappa shape index (κ3) is 5.85. The van der Waals surface area contributed by atoms with Gasteiger partial charge in [0.1, 0.15) is 29.6 Å². The van der Waals surface area contributed by atoms with Crippen LogP contribution in [-0.4, -0.2) is 78.3 Å². The van der Waals surface area contributed by atoms with Crippen molar-refractivity contribution in [2.75, 3.05) is 26.8 Å². The van der Waals surface area contributed by atoms with Crippen molar-refractivity contribution in [3.63, 3.8) is 0 Å². The molecule has 5 rings (SSSR count). The van der Waals surface area contributed by atoms with Crippen LogP contribution in [0.2, 0.25) is 0 Å². The van der Waals surface area contributed by atoms with E-state index in [0.717, 1.165) is 19.3 Å². The number of fused-ring (bicyclic) bond motifs is 4. The molecule has 0 fully saturated rings. The summed E-state index contributed by atoms with van der Waals surface area (Å²) in [5.74, 6) is -1.43. The van der Waals surface area contributed by atoms with Crippen molar-refractivity contribution in [1.82, 2.24) is 10.2 Å². The van der Waals surface area contributed by atoms with E-state index in [0.29, 0.717) is 34.8 Å². The minimum absolute atomic E-state index is 0.0238. The van der Waals surface area contributed by atoms with Crippen molar-refractivity contribution in [1.29, 1.82) is 0 Å². The van der Waals surface area contributed by atoms with E-state index in [-0.39, 0.29) is 42.3 Å². The predicted octanol–water partition coefficient (Wildman–Crippen LogP) is 2.96. The number of carbonyl (C=O) groups excluding carboxylic acids is 3. The number of hydrogen-bond donors (Lipinski definition) is 3. The highest BCUT2D eigenvalue weighted by molar-refractivity contribution is 5.99. The first-order valence-electron chi connectivity index (χ1n) is 14.8. The van der Waals surface area contributed by atoms with E-state index < -0.39 is 41.6 Å². The second-order valence-electron chi connectivity index (χ2n) is 10.9. The molecule has 2 aromatic carbocycles. The highest BCUT2D eigenvalue weighted by atomic mass is 16.5. The Kier molecular flexibility index (Phi) is 9.46. The number of aliphatic hydroxyl groups is 2. The number of carbonyl (C=O) groups is 3. The molecule has 2 amide bonds. The third-order valence-corrected chi connectivity index (χ3v) is 8.16. The van der Waals surface area contributed by atoms with Crippen molar-refractivity contribution in [2.45, 2.75) is 56.8 Å². The Bertz CT molecular complexity index is 1650. The summed E-state index contributed by atoms with van der Waals surface area (Å²) < 4.78 is 17.2. The zero-order valence-corrected chi connectivity index (χ0v) is 24.7. The van der Waals surface area contributed by atoms with Gasteiger partial charge < -0.3 is 34.3 Å². The van der Waals surface area contributed by atoms with Gasteiger partial charge in [0.25, 0.3) is 5.91 Å². The van der Waals surface area contributed by atoms with Crippen LogP contribution in [0.5, 0.6) is 11.5 Å². The second-order valence-corrected chi connectivity index (χ2v) is 10.9. The van der Waals surface area contributed by atoms with E-state index >= 15 is 0 Å². The predicted molar refractivity (Wildman–Crippen MR) is 161 cm³/mol. The Morgan fingerprint density at radius 2 is 1.93 bits per heavy atom. The fourth-order valence-electron chi connectivity index (χ4n) is 6.02. The van der Waals surface area contributed by atoms with Crippen LogP contribution in [0, 0.1) is 0 Å². The van der Waals surface area contributed by atoms with E-state index in [1.165, 1.54) is 30.2 Å². The second kappa shape index (κ2) is 13.4. The van der Waals surface area contributed by atoms with Crippen LogP contribution in [0.25, 0.3) is 11.0 Å². The molecule has 0 saturated heterocycles. The largest absolute Gasteiger partial charge is 0.493 e. The highest BCUT2D eigenvalue weighted by Gasteiger charge is 2.51. The van der Waals surface area contributed by atoms with Gasteiger partial charge >= 0.3 is 5.63 Å². The van der Waals surface area contributed by atoms with Crippen LogP contribution in [0.4, 0.5) is 0 Å². The number of nitrogens with one attached hydrogen (secondary N) is 1. The van der Waals surface area contributed by atoms with E-state index in [1.54, 1.807) is 30.3 Å². The summed E-state index contributed by atoms with van der Waals surface area (Å²) in [7, 11) is 1.42. The van der Waals surface area contributed by atoms with Crippen LogP contribution < -0.4 is 20.4 Å². The molecule has 1 aromatic heterocycles. The maximum absolute atomic E-state index is 14.2. The number of benzene rings is 2. The zero-order valence-electron chi connectivity index (χ0n) is 24.7. The molecule has 11 heteroatoms. The Morgan fingerprint density at radius 3 is 2.66 bits per heavy atom. The minimum Gasteiger partial charge on any atom is -0.493 e. The fourth-order valence-corrected chi connectivity index (χ4v) is 6.02. The van der Waals surface area contributed by atoms with Gasteiger partial charge in [-0.3, -0.25) is 14.4 Å². The summed E-state index contributed by atoms with van der Waals surface area (Å²) in [6, 6.07) is 10.4. The van der Waals surface area contributed by atoms with Gasteiger partial charge in [0, 0.05) is 35.2 Å². The van der Waals surface area contributed by atoms with Gasteiger partial charge in [-0.15, -0.1) is 0 Å². The molecule has 0 bridgehead atoms. The van der Waals surface area contributed by atoms with E-state index in [1.807, 2.05) is 0 Å². The van der Waals surface area contributed by atoms with Gasteiger partial charge in [-0.25, -0.2) is 4.79 Å². The van der Waals surface area contributed by atoms with Crippen molar-refractivity contribution in [3.05, 3.63) is 81.2 Å². The Hall–Kier alpha value is -4.48. The van der Waals surface area contributed by atoms with Crippen LogP contribution in [0.15, 0.2) is 63.3 Å². The van der Waals surface area contributed by atoms with E-state index in [2.05, 4.69) is 12.2 Å². The zero-order chi connectivity index (χ0) is 31.4. The van der Waals surface area contributed by atoms with Crippen LogP contribution in [0.3, 0.4) is 0 Å². The Balaban J connectivity index is 1.61. The average molecular weight is 605 g/mol. The first kappa shape index (κ1) is 31.0. The number of nitrogens with zero attached hydrogens (tertiary/aromatic N) is 1. The lowest BCUT2D eigenvalue weighted by atomic mass is 9.77. The number of amides is 2. The van der Waals surface area contributed by atoms with E-state index in [9.17, 15) is 29.4 Å². The average Bonchev–Trinajstić information content (AvgIpc) is 3.43. The normalized spacial score (nSPS) is 20.2. The molecule has 0 saturated carbocycles. The topological polar surface area (TPSA) is 156 Å². The van der Waals surface area contributed by atoms with Crippen LogP contribution in [0.1, 0.15) is 64.8 Å². The summed E-state index contributed by atoms with van der Waals surface area (Å²) in [6.45, 7) is 1.94. The number of ether oxygens (including phenoxy) is 2. The molecule has 0 radical (unpaired) electrons. The summed E-state index contributed by atoms with van der Waals surface area (Å²) in [5.41, 5.74) is 0.312. The van der Waals surface area contributed by atoms with Gasteiger partial charge in [0.2, 0.25) is 5.91 Å². The maximum Gasteiger partial charge on any atom is 0.349 e. The molecule has 44 heavy (non-hydrogen) atoms. The number of unbranched alkanes of at least 4 members (excludes halogenated alkanes) is 3. The number of hydrogen-bond acceptors (Lipinski definition) is 9. The monoisotopic (exact) mass is 604 g/mol. The van der Waals surface area contributed by atoms with Crippen molar-refractivity contribution in [3.8, 4) is 11.5 Å². The quantitative estimate of drug-likeness (QED) is 0.161. The third-order valence-electron chi connectivity index (χ3n) is 8.16. The SMILES string of the molecule is CCCCCCN(C(=O)c1cc2ccccc2oc1=O)C1C=C(C(=O)NCCO)C2c3cc(C=O)cc(OC)c3OC2C1O. The molecule has 2 heterocycles. The number of aliphatic hydroxyl groups excluding tert-OH is 2. The molecule has 2 aliphatic rings. The van der Waals surface area contributed by atoms with Crippen molar-refractivity contribution < 1.29 is 38.5 Å². The molecule has 3 N–H and O–H groups in total. The minimum atomic E-state index is -1.33. The molecular weight excluding hydrogens is 568 g/mol. The van der Waals surface area contributed by atoms with Gasteiger partial charge in [-0.1, -0.05) is 44.4 Å². The number of aldehydes is 1. The van der Waals surface area contributed by atoms with Gasteiger partial charge in [-0.2, -0.15) is 0 Å². The molecule has 4 unspecified atom stereocenters. The lowest BCUT2D eigenvalue weighted by Crippen LogP contribution is -2.56. The van der Waals surface area contributed by atoms with Gasteiger partial charge in [-0.05, 0) is 36.8 Å². The summed E-state index contributed by atoms with van der Waals surface area (Å²) >= 11 is 0. The van der Waals surface area contributed by atoms with Crippen LogP contribution >= 0.6 is 0 Å². The molecule has 1 aliphatic heterocycles. The van der Waals surface area contributed by atoms with Crippen LogP contribution in [-0.2, 0) is 4.79 Å². The lowest BCUT2D eigenvalue weighted by Gasteiger charge is -2.40. The van der Waals surface area contributed by atoms with Gasteiger partial charge in [0.15, 0.2) is 11.5 Å². The molecule has 232 valence electrons. The first-order chi connectivity index (χ1) is 21.3. The molecule has 1 aliphatic carbocycles. The summed E-state index contributed by atoms with van der Waals surface area (Å²) in [6.07, 6.45) is 3.12.